The molecular formula is C13H25NS. The Morgan fingerprint density at radius 3 is 2.33 bits per heavy atom. The fourth-order valence-corrected chi connectivity index (χ4v) is 4.33. The van der Waals surface area contributed by atoms with Crippen molar-refractivity contribution in [1.82, 2.24) is 0 Å². The summed E-state index contributed by atoms with van der Waals surface area (Å²) in [5.74, 6) is 4.56. The molecule has 0 aromatic carbocycles. The maximum atomic E-state index is 6.37. The van der Waals surface area contributed by atoms with Crippen molar-refractivity contribution in [3.8, 4) is 0 Å². The maximum Gasteiger partial charge on any atom is 0.00698 e. The van der Waals surface area contributed by atoms with Crippen LogP contribution in [0.15, 0.2) is 0 Å². The monoisotopic (exact) mass is 227 g/mol. The summed E-state index contributed by atoms with van der Waals surface area (Å²) in [5, 5.41) is 0. The van der Waals surface area contributed by atoms with Crippen LogP contribution >= 0.6 is 11.8 Å². The standard InChI is InChI=1S/C13H25NS/c14-13(12-4-2-1-3-5-12)10-11-6-8-15-9-7-11/h11-13H,1-10,14H2. The zero-order valence-electron chi connectivity index (χ0n) is 9.79. The van der Waals surface area contributed by atoms with Gasteiger partial charge in [0.25, 0.3) is 0 Å². The zero-order chi connectivity index (χ0) is 10.5. The molecule has 1 heterocycles. The molecule has 0 aromatic rings. The Bertz CT molecular complexity index is 171. The Balaban J connectivity index is 1.72. The van der Waals surface area contributed by atoms with Gasteiger partial charge in [0.05, 0.1) is 0 Å². The molecule has 88 valence electrons. The van der Waals surface area contributed by atoms with E-state index < -0.39 is 0 Å². The zero-order valence-corrected chi connectivity index (χ0v) is 10.6. The molecule has 1 aliphatic heterocycles. The van der Waals surface area contributed by atoms with Crippen LogP contribution in [0.25, 0.3) is 0 Å². The van der Waals surface area contributed by atoms with Crippen LogP contribution in [0.5, 0.6) is 0 Å². The summed E-state index contributed by atoms with van der Waals surface area (Å²) in [5.41, 5.74) is 6.37. The van der Waals surface area contributed by atoms with E-state index >= 15 is 0 Å². The van der Waals surface area contributed by atoms with E-state index in [1.165, 1.54) is 62.9 Å². The van der Waals surface area contributed by atoms with Crippen LogP contribution in [0, 0.1) is 11.8 Å². The molecule has 0 amide bonds. The summed E-state index contributed by atoms with van der Waals surface area (Å²) in [4.78, 5) is 0. The second kappa shape index (κ2) is 6.15. The van der Waals surface area contributed by atoms with E-state index in [9.17, 15) is 0 Å². The van der Waals surface area contributed by atoms with Crippen LogP contribution in [0.2, 0.25) is 0 Å². The topological polar surface area (TPSA) is 26.0 Å². The van der Waals surface area contributed by atoms with E-state index in [2.05, 4.69) is 11.8 Å². The van der Waals surface area contributed by atoms with Gasteiger partial charge in [-0.1, -0.05) is 19.3 Å². The van der Waals surface area contributed by atoms with Gasteiger partial charge in [0, 0.05) is 6.04 Å². The molecule has 0 bridgehead atoms. The predicted octanol–water partition coefficient (Wildman–Crippen LogP) is 3.43. The van der Waals surface area contributed by atoms with Crippen LogP contribution in [-0.4, -0.2) is 17.5 Å². The predicted molar refractivity (Wildman–Crippen MR) is 69.2 cm³/mol. The molecule has 2 fully saturated rings. The summed E-state index contributed by atoms with van der Waals surface area (Å²) >= 11 is 2.12. The van der Waals surface area contributed by atoms with Crippen LogP contribution < -0.4 is 5.73 Å². The van der Waals surface area contributed by atoms with Crippen molar-refractivity contribution in [2.24, 2.45) is 17.6 Å². The molecule has 0 spiro atoms. The van der Waals surface area contributed by atoms with E-state index in [-0.39, 0.29) is 0 Å². The first kappa shape index (κ1) is 11.8. The third-order valence-corrected chi connectivity index (χ3v) is 5.25. The van der Waals surface area contributed by atoms with Gasteiger partial charge in [-0.25, -0.2) is 0 Å². The highest BCUT2D eigenvalue weighted by Gasteiger charge is 2.24. The quantitative estimate of drug-likeness (QED) is 0.799. The van der Waals surface area contributed by atoms with Crippen molar-refractivity contribution in [3.63, 3.8) is 0 Å². The average molecular weight is 227 g/mol. The third kappa shape index (κ3) is 3.67. The Kier molecular flexibility index (Phi) is 4.83. The van der Waals surface area contributed by atoms with Gasteiger partial charge < -0.3 is 5.73 Å². The molecule has 15 heavy (non-hydrogen) atoms. The molecule has 1 atom stereocenters. The molecule has 1 nitrogen and oxygen atoms in total. The minimum Gasteiger partial charge on any atom is -0.327 e. The Hall–Kier alpha value is 0.310. The molecule has 2 rings (SSSR count). The first-order valence-corrected chi connectivity index (χ1v) is 7.85. The number of nitrogens with two attached hydrogens (primary N) is 1. The molecule has 1 saturated carbocycles. The smallest absolute Gasteiger partial charge is 0.00698 e. The van der Waals surface area contributed by atoms with Gasteiger partial charge in [-0.05, 0) is 55.4 Å². The summed E-state index contributed by atoms with van der Waals surface area (Å²) in [6.45, 7) is 0. The number of hydrogen-bond acceptors (Lipinski definition) is 2. The van der Waals surface area contributed by atoms with Crippen molar-refractivity contribution in [3.05, 3.63) is 0 Å². The fourth-order valence-electron chi connectivity index (χ4n) is 3.12. The van der Waals surface area contributed by atoms with E-state index in [0.717, 1.165) is 11.8 Å². The lowest BCUT2D eigenvalue weighted by Crippen LogP contribution is -2.34. The molecule has 1 aliphatic carbocycles. The summed E-state index contributed by atoms with van der Waals surface area (Å²) < 4.78 is 0. The fraction of sp³-hybridized carbons (Fsp3) is 1.00. The lowest BCUT2D eigenvalue weighted by atomic mass is 9.80. The van der Waals surface area contributed by atoms with E-state index in [1.807, 2.05) is 0 Å². The number of thioether (sulfide) groups is 1. The van der Waals surface area contributed by atoms with Crippen LogP contribution in [0.1, 0.15) is 51.4 Å². The molecule has 0 radical (unpaired) electrons. The van der Waals surface area contributed by atoms with Gasteiger partial charge >= 0.3 is 0 Å². The summed E-state index contributed by atoms with van der Waals surface area (Å²) in [6.07, 6.45) is 11.3. The lowest BCUT2D eigenvalue weighted by Gasteiger charge is -2.31. The first-order valence-electron chi connectivity index (χ1n) is 6.69. The Labute approximate surface area is 98.6 Å². The molecule has 1 saturated heterocycles. The van der Waals surface area contributed by atoms with Gasteiger partial charge in [0.15, 0.2) is 0 Å². The van der Waals surface area contributed by atoms with E-state index in [0.29, 0.717) is 6.04 Å². The Morgan fingerprint density at radius 2 is 1.67 bits per heavy atom. The molecule has 2 aliphatic rings. The summed E-state index contributed by atoms with van der Waals surface area (Å²) in [7, 11) is 0. The van der Waals surface area contributed by atoms with Gasteiger partial charge in [-0.15, -0.1) is 0 Å². The van der Waals surface area contributed by atoms with Gasteiger partial charge in [0.1, 0.15) is 0 Å². The average Bonchev–Trinajstić information content (AvgIpc) is 2.31. The molecule has 2 N–H and O–H groups in total. The first-order chi connectivity index (χ1) is 7.36. The van der Waals surface area contributed by atoms with Crippen molar-refractivity contribution in [1.29, 1.82) is 0 Å². The molecule has 1 unspecified atom stereocenters. The van der Waals surface area contributed by atoms with Crippen molar-refractivity contribution in [2.75, 3.05) is 11.5 Å². The minimum absolute atomic E-state index is 0.512. The van der Waals surface area contributed by atoms with E-state index in [1.54, 1.807) is 0 Å². The van der Waals surface area contributed by atoms with Crippen LogP contribution in [-0.2, 0) is 0 Å². The van der Waals surface area contributed by atoms with Gasteiger partial charge in [-0.3, -0.25) is 0 Å². The SMILES string of the molecule is NC(CC1CCSCC1)C1CCCCC1. The lowest BCUT2D eigenvalue weighted by molar-refractivity contribution is 0.263. The van der Waals surface area contributed by atoms with Crippen molar-refractivity contribution in [2.45, 2.75) is 57.4 Å². The second-order valence-corrected chi connectivity index (χ2v) is 6.58. The normalized spacial score (nSPS) is 27.8. The van der Waals surface area contributed by atoms with E-state index in [4.69, 9.17) is 5.73 Å². The molecule has 2 heteroatoms. The number of rotatable bonds is 3. The highest BCUT2D eigenvalue weighted by molar-refractivity contribution is 7.99. The van der Waals surface area contributed by atoms with Gasteiger partial charge in [0.2, 0.25) is 0 Å². The molecule has 0 aromatic heterocycles. The second-order valence-electron chi connectivity index (χ2n) is 5.35. The molecular weight excluding hydrogens is 202 g/mol. The summed E-state index contributed by atoms with van der Waals surface area (Å²) in [6, 6.07) is 0.512. The van der Waals surface area contributed by atoms with Crippen LogP contribution in [0.3, 0.4) is 0 Å². The van der Waals surface area contributed by atoms with Crippen molar-refractivity contribution >= 4 is 11.8 Å². The maximum absolute atomic E-state index is 6.37. The minimum atomic E-state index is 0.512. The van der Waals surface area contributed by atoms with Crippen LogP contribution in [0.4, 0.5) is 0 Å². The largest absolute Gasteiger partial charge is 0.327 e. The van der Waals surface area contributed by atoms with Crippen molar-refractivity contribution < 1.29 is 0 Å². The Morgan fingerprint density at radius 1 is 1.00 bits per heavy atom. The highest BCUT2D eigenvalue weighted by atomic mass is 32.2. The van der Waals surface area contributed by atoms with Gasteiger partial charge in [-0.2, -0.15) is 11.8 Å². The third-order valence-electron chi connectivity index (χ3n) is 4.20. The highest BCUT2D eigenvalue weighted by Crippen LogP contribution is 2.32. The number of hydrogen-bond donors (Lipinski definition) is 1.